The number of hydrogen-bond acceptors (Lipinski definition) is 6. The second kappa shape index (κ2) is 14.9. The van der Waals surface area contributed by atoms with Crippen molar-refractivity contribution in [3.63, 3.8) is 0 Å². The highest BCUT2D eigenvalue weighted by Crippen LogP contribution is 2.27. The molecule has 0 heterocycles. The van der Waals surface area contributed by atoms with Gasteiger partial charge in [-0.25, -0.2) is 4.79 Å². The van der Waals surface area contributed by atoms with Crippen LogP contribution in [0, 0.1) is 0 Å². The summed E-state index contributed by atoms with van der Waals surface area (Å²) in [7, 11) is 1.54. The highest BCUT2D eigenvalue weighted by Gasteiger charge is 2.18. The number of anilines is 2. The molecule has 0 aromatic heterocycles. The normalized spacial score (nSPS) is 11.7. The topological polar surface area (TPSA) is 134 Å². The van der Waals surface area contributed by atoms with Gasteiger partial charge in [-0.15, -0.1) is 11.8 Å². The number of ether oxygens (including phenoxy) is 1. The first-order chi connectivity index (χ1) is 21.1. The van der Waals surface area contributed by atoms with Gasteiger partial charge in [0.05, 0.1) is 22.9 Å². The number of carbonyl (C=O) groups is 4. The molecule has 0 fully saturated rings. The number of nitrogens with one attached hydrogen (secondary N) is 3. The van der Waals surface area contributed by atoms with Crippen LogP contribution in [-0.2, 0) is 9.59 Å². The number of carbonyl (C=O) groups excluding carboxylic acids is 3. The van der Waals surface area contributed by atoms with Gasteiger partial charge in [0.25, 0.3) is 11.8 Å². The molecule has 9 nitrogen and oxygen atoms in total. The van der Waals surface area contributed by atoms with E-state index < -0.39 is 23.0 Å². The number of benzene rings is 4. The van der Waals surface area contributed by atoms with Crippen LogP contribution in [-0.4, -0.2) is 41.2 Å². The molecular weight excluding hydrogens is 602 g/mol. The number of methoxy groups -OCH3 is 1. The van der Waals surface area contributed by atoms with Gasteiger partial charge in [0.2, 0.25) is 5.91 Å². The third-order valence-electron chi connectivity index (χ3n) is 6.19. The molecule has 4 aromatic rings. The third-order valence-corrected chi connectivity index (χ3v) is 7.63. The summed E-state index contributed by atoms with van der Waals surface area (Å²) in [5.74, 6) is -1.89. The molecular formula is C33H28ClN3O6S. The smallest absolute Gasteiger partial charge is 0.337 e. The quantitative estimate of drug-likeness (QED) is 0.109. The third kappa shape index (κ3) is 8.73. The molecule has 1 unspecified atom stereocenters. The molecule has 0 saturated heterocycles. The Labute approximate surface area is 263 Å². The van der Waals surface area contributed by atoms with Gasteiger partial charge in [-0.3, -0.25) is 14.4 Å². The number of carboxylic acids is 1. The van der Waals surface area contributed by atoms with Crippen molar-refractivity contribution in [2.75, 3.05) is 17.7 Å². The van der Waals surface area contributed by atoms with Gasteiger partial charge in [0, 0.05) is 21.8 Å². The van der Waals surface area contributed by atoms with Crippen molar-refractivity contribution in [1.29, 1.82) is 0 Å². The van der Waals surface area contributed by atoms with Crippen LogP contribution in [0.3, 0.4) is 0 Å². The fourth-order valence-corrected chi connectivity index (χ4v) is 4.99. The Hall–Kier alpha value is -5.06. The van der Waals surface area contributed by atoms with Gasteiger partial charge in [-0.1, -0.05) is 41.9 Å². The van der Waals surface area contributed by atoms with Crippen molar-refractivity contribution in [1.82, 2.24) is 5.32 Å². The van der Waals surface area contributed by atoms with Gasteiger partial charge >= 0.3 is 5.97 Å². The van der Waals surface area contributed by atoms with Gasteiger partial charge in [-0.2, -0.15) is 0 Å². The van der Waals surface area contributed by atoms with Crippen molar-refractivity contribution in [2.24, 2.45) is 0 Å². The molecule has 4 N–H and O–H groups in total. The number of hydrogen-bond donors (Lipinski definition) is 4. The Kier molecular flexibility index (Phi) is 10.8. The summed E-state index contributed by atoms with van der Waals surface area (Å²) in [5, 5.41) is 17.0. The predicted octanol–water partition coefficient (Wildman–Crippen LogP) is 6.58. The predicted molar refractivity (Wildman–Crippen MR) is 172 cm³/mol. The number of halogens is 1. The van der Waals surface area contributed by atoms with Gasteiger partial charge in [0.1, 0.15) is 11.4 Å². The standard InChI is InChI=1S/C33H28ClN3O6S/c1-20(30(38)36-24-13-16-28(34)27(19-24)33(41)42)44-26-14-11-23(12-15-26)35-32(40)29(18-21-7-6-10-25(17-21)43-2)37-31(39)22-8-4-3-5-9-22/h3-20H,1-2H3,(H,35,40)(H,36,38)(H,37,39)(H,41,42)/b29-18-. The van der Waals surface area contributed by atoms with E-state index in [-0.39, 0.29) is 22.2 Å². The van der Waals surface area contributed by atoms with E-state index in [4.69, 9.17) is 16.3 Å². The van der Waals surface area contributed by atoms with Crippen molar-refractivity contribution >= 4 is 64.5 Å². The lowest BCUT2D eigenvalue weighted by molar-refractivity contribution is -0.115. The average Bonchev–Trinajstić information content (AvgIpc) is 3.02. The minimum Gasteiger partial charge on any atom is -0.497 e. The van der Waals surface area contributed by atoms with E-state index in [9.17, 15) is 24.3 Å². The molecule has 0 aliphatic rings. The van der Waals surface area contributed by atoms with Crippen molar-refractivity contribution < 1.29 is 29.0 Å². The molecule has 224 valence electrons. The molecule has 0 saturated carbocycles. The Morgan fingerprint density at radius 2 is 1.57 bits per heavy atom. The van der Waals surface area contributed by atoms with Gasteiger partial charge < -0.3 is 25.8 Å². The zero-order valence-electron chi connectivity index (χ0n) is 23.7. The van der Waals surface area contributed by atoms with Crippen molar-refractivity contribution in [3.05, 3.63) is 124 Å². The van der Waals surface area contributed by atoms with Crippen LogP contribution in [0.15, 0.2) is 108 Å². The lowest BCUT2D eigenvalue weighted by Crippen LogP contribution is -2.30. The summed E-state index contributed by atoms with van der Waals surface area (Å²) in [5.41, 5.74) is 1.77. The number of amides is 3. The molecule has 3 amide bonds. The summed E-state index contributed by atoms with van der Waals surface area (Å²) in [4.78, 5) is 51.0. The van der Waals surface area contributed by atoms with Crippen LogP contribution >= 0.6 is 23.4 Å². The second-order valence-corrected chi connectivity index (χ2v) is 11.2. The molecule has 0 bridgehead atoms. The minimum absolute atomic E-state index is 0.0316. The molecule has 11 heteroatoms. The molecule has 0 aliphatic carbocycles. The summed E-state index contributed by atoms with van der Waals surface area (Å²) in [6.45, 7) is 1.72. The molecule has 0 radical (unpaired) electrons. The molecule has 1 atom stereocenters. The monoisotopic (exact) mass is 629 g/mol. The summed E-state index contributed by atoms with van der Waals surface area (Å²) < 4.78 is 5.27. The van der Waals surface area contributed by atoms with E-state index in [1.54, 1.807) is 99.0 Å². The SMILES string of the molecule is COc1cccc(/C=C(\NC(=O)c2ccccc2)C(=O)Nc2ccc(SC(C)C(=O)Nc3ccc(Cl)c(C(=O)O)c3)cc2)c1. The Balaban J connectivity index is 1.43. The van der Waals surface area contributed by atoms with E-state index in [0.717, 1.165) is 4.90 Å². The molecule has 44 heavy (non-hydrogen) atoms. The van der Waals surface area contributed by atoms with E-state index in [1.807, 2.05) is 0 Å². The lowest BCUT2D eigenvalue weighted by Gasteiger charge is -2.14. The maximum atomic E-state index is 13.3. The Bertz CT molecular complexity index is 1710. The number of rotatable bonds is 11. The summed E-state index contributed by atoms with van der Waals surface area (Å²) in [6, 6.07) is 26.8. The number of thioether (sulfide) groups is 1. The van der Waals surface area contributed by atoms with Crippen molar-refractivity contribution in [2.45, 2.75) is 17.1 Å². The number of carboxylic acid groups (broad SMARTS) is 1. The molecule has 4 rings (SSSR count). The van der Waals surface area contributed by atoms with Crippen LogP contribution < -0.4 is 20.7 Å². The lowest BCUT2D eigenvalue weighted by atomic mass is 10.1. The largest absolute Gasteiger partial charge is 0.497 e. The molecule has 0 aliphatic heterocycles. The van der Waals surface area contributed by atoms with Crippen LogP contribution in [0.25, 0.3) is 6.08 Å². The Morgan fingerprint density at radius 1 is 0.864 bits per heavy atom. The maximum Gasteiger partial charge on any atom is 0.337 e. The second-order valence-electron chi connectivity index (χ2n) is 9.38. The first-order valence-electron chi connectivity index (χ1n) is 13.3. The fourth-order valence-electron chi connectivity index (χ4n) is 3.92. The zero-order chi connectivity index (χ0) is 31.6. The maximum absolute atomic E-state index is 13.3. The average molecular weight is 630 g/mol. The van der Waals surface area contributed by atoms with Crippen LogP contribution in [0.2, 0.25) is 5.02 Å². The Morgan fingerprint density at radius 3 is 2.25 bits per heavy atom. The molecule has 0 spiro atoms. The highest BCUT2D eigenvalue weighted by atomic mass is 35.5. The van der Waals surface area contributed by atoms with E-state index in [1.165, 1.54) is 30.0 Å². The summed E-state index contributed by atoms with van der Waals surface area (Å²) in [6.07, 6.45) is 1.56. The first-order valence-corrected chi connectivity index (χ1v) is 14.5. The van der Waals surface area contributed by atoms with E-state index in [2.05, 4.69) is 16.0 Å². The van der Waals surface area contributed by atoms with Gasteiger partial charge in [-0.05, 0) is 85.3 Å². The first kappa shape index (κ1) is 31.9. The minimum atomic E-state index is -1.19. The summed E-state index contributed by atoms with van der Waals surface area (Å²) >= 11 is 7.19. The van der Waals surface area contributed by atoms with E-state index in [0.29, 0.717) is 28.3 Å². The van der Waals surface area contributed by atoms with E-state index >= 15 is 0 Å². The highest BCUT2D eigenvalue weighted by molar-refractivity contribution is 8.00. The molecule has 4 aromatic carbocycles. The number of aromatic carboxylic acids is 1. The zero-order valence-corrected chi connectivity index (χ0v) is 25.2. The van der Waals surface area contributed by atoms with Crippen LogP contribution in [0.1, 0.15) is 33.2 Å². The fraction of sp³-hybridized carbons (Fsp3) is 0.0909. The van der Waals surface area contributed by atoms with Gasteiger partial charge in [0.15, 0.2) is 0 Å². The van der Waals surface area contributed by atoms with Crippen LogP contribution in [0.5, 0.6) is 5.75 Å². The van der Waals surface area contributed by atoms with Crippen LogP contribution in [0.4, 0.5) is 11.4 Å². The van der Waals surface area contributed by atoms with Crippen molar-refractivity contribution in [3.8, 4) is 5.75 Å².